The number of anilines is 1. The molecule has 0 aromatic heterocycles. The largest absolute Gasteiger partial charge is 0.465 e. The molecule has 144 valence electrons. The van der Waals surface area contributed by atoms with Gasteiger partial charge < -0.3 is 10.1 Å². The first-order chi connectivity index (χ1) is 13.5. The molecule has 2 aromatic rings. The van der Waals surface area contributed by atoms with Crippen LogP contribution in [-0.2, 0) is 14.3 Å². The molecule has 0 bridgehead atoms. The lowest BCUT2D eigenvalue weighted by molar-refractivity contribution is -0.128. The number of carbonyl (C=O) groups excluding carboxylic acids is 3. The zero-order valence-electron chi connectivity index (χ0n) is 15.4. The second-order valence-corrected chi connectivity index (χ2v) is 7.22. The molecular formula is C20H19N3O4S. The Morgan fingerprint density at radius 2 is 1.82 bits per heavy atom. The topological polar surface area (TPSA) is 88.1 Å². The summed E-state index contributed by atoms with van der Waals surface area (Å²) in [5.41, 5.74) is 1.66. The number of hydrogen-bond acceptors (Lipinski definition) is 6. The molecule has 2 amide bonds. The molecular weight excluding hydrogens is 378 g/mol. The third kappa shape index (κ3) is 4.58. The van der Waals surface area contributed by atoms with Gasteiger partial charge in [0.2, 0.25) is 11.8 Å². The third-order valence-corrected chi connectivity index (χ3v) is 5.36. The number of methoxy groups -OCH3 is 1. The first kappa shape index (κ1) is 19.6. The van der Waals surface area contributed by atoms with Gasteiger partial charge in [-0.05, 0) is 36.4 Å². The molecule has 1 fully saturated rings. The number of thioether (sulfide) groups is 1. The van der Waals surface area contributed by atoms with Gasteiger partial charge in [-0.25, -0.2) is 9.79 Å². The summed E-state index contributed by atoms with van der Waals surface area (Å²) >= 11 is 1.23. The predicted octanol–water partition coefficient (Wildman–Crippen LogP) is 3.06. The van der Waals surface area contributed by atoms with Crippen LogP contribution < -0.4 is 5.32 Å². The molecule has 1 N–H and O–H groups in total. The summed E-state index contributed by atoms with van der Waals surface area (Å²) < 4.78 is 4.67. The highest BCUT2D eigenvalue weighted by Crippen LogP contribution is 2.29. The summed E-state index contributed by atoms with van der Waals surface area (Å²) in [4.78, 5) is 42.3. The van der Waals surface area contributed by atoms with Crippen LogP contribution >= 0.6 is 11.8 Å². The van der Waals surface area contributed by atoms with Crippen molar-refractivity contribution in [2.75, 3.05) is 19.5 Å². The van der Waals surface area contributed by atoms with Gasteiger partial charge in [-0.3, -0.25) is 14.5 Å². The van der Waals surface area contributed by atoms with Crippen molar-refractivity contribution in [2.24, 2.45) is 4.99 Å². The van der Waals surface area contributed by atoms with Crippen LogP contribution in [-0.4, -0.2) is 47.3 Å². The molecule has 0 aliphatic carbocycles. The average molecular weight is 397 g/mol. The van der Waals surface area contributed by atoms with Crippen molar-refractivity contribution in [1.29, 1.82) is 0 Å². The zero-order valence-corrected chi connectivity index (χ0v) is 16.2. The molecule has 0 radical (unpaired) electrons. The summed E-state index contributed by atoms with van der Waals surface area (Å²) in [5, 5.41) is 2.67. The number of benzene rings is 2. The fourth-order valence-corrected chi connectivity index (χ4v) is 3.61. The van der Waals surface area contributed by atoms with E-state index < -0.39 is 11.2 Å². The number of nitrogens with zero attached hydrogens (tertiary/aromatic N) is 2. The standard InChI is InChI=1S/C20H19N3O4S/c1-23-17(24)12-16(18(25)21-14-6-4-3-5-7-14)28-20(23)22-15-10-8-13(9-11-15)19(26)27-2/h3-11,16H,12H2,1-2H3,(H,21,25)/t16-/m1/s1. The Morgan fingerprint density at radius 1 is 1.14 bits per heavy atom. The quantitative estimate of drug-likeness (QED) is 0.801. The minimum atomic E-state index is -0.572. The summed E-state index contributed by atoms with van der Waals surface area (Å²) in [6.45, 7) is 0. The van der Waals surface area contributed by atoms with Gasteiger partial charge in [0.05, 0.1) is 18.4 Å². The minimum absolute atomic E-state index is 0.0974. The number of amides is 2. The maximum atomic E-state index is 12.6. The summed E-state index contributed by atoms with van der Waals surface area (Å²) in [7, 11) is 2.94. The molecule has 1 atom stereocenters. The molecule has 1 aliphatic heterocycles. The molecule has 2 aromatic carbocycles. The van der Waals surface area contributed by atoms with Gasteiger partial charge in [0.15, 0.2) is 5.17 Å². The number of nitrogens with one attached hydrogen (secondary N) is 1. The van der Waals surface area contributed by atoms with Crippen LogP contribution in [0.4, 0.5) is 11.4 Å². The highest BCUT2D eigenvalue weighted by Gasteiger charge is 2.34. The SMILES string of the molecule is COC(=O)c1ccc(N=C2S[C@@H](C(=O)Nc3ccccc3)CC(=O)N2C)cc1. The van der Waals surface area contributed by atoms with Crippen molar-refractivity contribution in [3.05, 3.63) is 60.2 Å². The van der Waals surface area contributed by atoms with Crippen molar-refractivity contribution >= 4 is 46.1 Å². The lowest BCUT2D eigenvalue weighted by Crippen LogP contribution is -2.43. The molecule has 1 heterocycles. The molecule has 28 heavy (non-hydrogen) atoms. The monoisotopic (exact) mass is 397 g/mol. The lowest BCUT2D eigenvalue weighted by Gasteiger charge is -2.28. The molecule has 7 nitrogen and oxygen atoms in total. The van der Waals surface area contributed by atoms with Gasteiger partial charge in [0.1, 0.15) is 5.25 Å². The van der Waals surface area contributed by atoms with Crippen LogP contribution in [0.3, 0.4) is 0 Å². The van der Waals surface area contributed by atoms with Gasteiger partial charge in [-0.1, -0.05) is 30.0 Å². The van der Waals surface area contributed by atoms with E-state index in [9.17, 15) is 14.4 Å². The van der Waals surface area contributed by atoms with Crippen LogP contribution in [0.2, 0.25) is 0 Å². The molecule has 1 saturated heterocycles. The Kier molecular flexibility index (Phi) is 6.10. The van der Waals surface area contributed by atoms with Gasteiger partial charge in [0, 0.05) is 19.2 Å². The average Bonchev–Trinajstić information content (AvgIpc) is 2.72. The molecule has 3 rings (SSSR count). The van der Waals surface area contributed by atoms with Crippen LogP contribution in [0, 0.1) is 0 Å². The van der Waals surface area contributed by atoms with Gasteiger partial charge in [-0.2, -0.15) is 0 Å². The first-order valence-corrected chi connectivity index (χ1v) is 9.42. The van der Waals surface area contributed by atoms with Crippen LogP contribution in [0.5, 0.6) is 0 Å². The van der Waals surface area contributed by atoms with Gasteiger partial charge in [0.25, 0.3) is 0 Å². The number of rotatable bonds is 4. The maximum absolute atomic E-state index is 12.6. The van der Waals surface area contributed by atoms with E-state index in [1.807, 2.05) is 18.2 Å². The minimum Gasteiger partial charge on any atom is -0.465 e. The number of aliphatic imine (C=N–C) groups is 1. The smallest absolute Gasteiger partial charge is 0.337 e. The zero-order chi connectivity index (χ0) is 20.1. The Balaban J connectivity index is 1.76. The predicted molar refractivity (Wildman–Crippen MR) is 109 cm³/mol. The van der Waals surface area contributed by atoms with E-state index in [-0.39, 0.29) is 18.2 Å². The fraction of sp³-hybridized carbons (Fsp3) is 0.200. The fourth-order valence-electron chi connectivity index (χ4n) is 2.54. The first-order valence-electron chi connectivity index (χ1n) is 8.54. The second-order valence-electron chi connectivity index (χ2n) is 6.05. The molecule has 0 unspecified atom stereocenters. The van der Waals surface area contributed by atoms with Gasteiger partial charge >= 0.3 is 5.97 Å². The van der Waals surface area contributed by atoms with E-state index in [0.717, 1.165) is 0 Å². The number of para-hydroxylation sites is 1. The number of ether oxygens (including phenoxy) is 1. The molecule has 0 spiro atoms. The Morgan fingerprint density at radius 3 is 2.46 bits per heavy atom. The van der Waals surface area contributed by atoms with Gasteiger partial charge in [-0.15, -0.1) is 0 Å². The van der Waals surface area contributed by atoms with E-state index in [0.29, 0.717) is 22.1 Å². The van der Waals surface area contributed by atoms with E-state index in [1.54, 1.807) is 43.4 Å². The van der Waals surface area contributed by atoms with Crippen molar-refractivity contribution in [2.45, 2.75) is 11.7 Å². The van der Waals surface area contributed by atoms with Crippen LogP contribution in [0.15, 0.2) is 59.6 Å². The van der Waals surface area contributed by atoms with Crippen LogP contribution in [0.25, 0.3) is 0 Å². The number of hydrogen-bond donors (Lipinski definition) is 1. The maximum Gasteiger partial charge on any atom is 0.337 e. The highest BCUT2D eigenvalue weighted by molar-refractivity contribution is 8.15. The van der Waals surface area contributed by atoms with Crippen molar-refractivity contribution < 1.29 is 19.1 Å². The molecule has 0 saturated carbocycles. The van der Waals surface area contributed by atoms with E-state index in [1.165, 1.54) is 23.8 Å². The molecule has 1 aliphatic rings. The summed E-state index contributed by atoms with van der Waals surface area (Å²) in [6, 6.07) is 15.6. The normalized spacial score (nSPS) is 18.1. The van der Waals surface area contributed by atoms with E-state index in [4.69, 9.17) is 0 Å². The Hall–Kier alpha value is -3.13. The second kappa shape index (κ2) is 8.71. The summed E-state index contributed by atoms with van der Waals surface area (Å²) in [6.07, 6.45) is 0.0974. The van der Waals surface area contributed by atoms with Crippen LogP contribution in [0.1, 0.15) is 16.8 Å². The lowest BCUT2D eigenvalue weighted by atomic mass is 10.2. The van der Waals surface area contributed by atoms with Crippen molar-refractivity contribution in [3.8, 4) is 0 Å². The number of amidine groups is 1. The summed E-state index contributed by atoms with van der Waals surface area (Å²) in [5.74, 6) is -0.862. The van der Waals surface area contributed by atoms with Crippen molar-refractivity contribution in [3.63, 3.8) is 0 Å². The van der Waals surface area contributed by atoms with E-state index in [2.05, 4.69) is 15.0 Å². The Labute approximate surface area is 166 Å². The van der Waals surface area contributed by atoms with Crippen molar-refractivity contribution in [1.82, 2.24) is 4.90 Å². The number of esters is 1. The van der Waals surface area contributed by atoms with E-state index >= 15 is 0 Å². The Bertz CT molecular complexity index is 913. The third-order valence-electron chi connectivity index (χ3n) is 4.12. The number of carbonyl (C=O) groups is 3. The molecule has 8 heteroatoms. The highest BCUT2D eigenvalue weighted by atomic mass is 32.2.